The molecule has 0 spiro atoms. The highest BCUT2D eigenvalue weighted by atomic mass is 79.9. The van der Waals surface area contributed by atoms with Crippen molar-refractivity contribution in [3.63, 3.8) is 0 Å². The molecule has 0 fully saturated rings. The second-order valence-corrected chi connectivity index (χ2v) is 7.42. The fraction of sp³-hybridized carbons (Fsp3) is 0.417. The number of aliphatic hydroxyl groups is 1. The van der Waals surface area contributed by atoms with Crippen LogP contribution in [0.2, 0.25) is 0 Å². The van der Waals surface area contributed by atoms with E-state index in [1.54, 1.807) is 12.1 Å². The van der Waals surface area contributed by atoms with Crippen LogP contribution in [0.25, 0.3) is 0 Å². The fourth-order valence-electron chi connectivity index (χ4n) is 1.54. The van der Waals surface area contributed by atoms with Crippen LogP contribution in [0.4, 0.5) is 0 Å². The summed E-state index contributed by atoms with van der Waals surface area (Å²) in [5.41, 5.74) is -0.760. The third-order valence-corrected chi connectivity index (χ3v) is 4.93. The number of nitrogens with one attached hydrogen (secondary N) is 1. The molecule has 6 nitrogen and oxygen atoms in total. The number of aliphatic carboxylic acids is 1. The molecule has 0 saturated heterocycles. The lowest BCUT2D eigenvalue weighted by Gasteiger charge is -2.21. The normalized spacial score (nSPS) is 14.8. The number of carbonyl (C=O) groups is 1. The van der Waals surface area contributed by atoms with Gasteiger partial charge in [0.1, 0.15) is 0 Å². The molecule has 20 heavy (non-hydrogen) atoms. The Morgan fingerprint density at radius 3 is 2.55 bits per heavy atom. The molecule has 1 unspecified atom stereocenters. The third-order valence-electron chi connectivity index (χ3n) is 2.55. The van der Waals surface area contributed by atoms with Crippen LogP contribution in [0.3, 0.4) is 0 Å². The predicted molar refractivity (Wildman–Crippen MR) is 76.9 cm³/mol. The minimum Gasteiger partial charge on any atom is -0.481 e. The summed E-state index contributed by atoms with van der Waals surface area (Å²) < 4.78 is 26.8. The van der Waals surface area contributed by atoms with Crippen LogP contribution in [0, 0.1) is 6.92 Å². The molecule has 1 aromatic carbocycles. The van der Waals surface area contributed by atoms with E-state index in [0.29, 0.717) is 4.47 Å². The molecule has 1 aromatic rings. The number of hydrogen-bond donors (Lipinski definition) is 3. The lowest BCUT2D eigenvalue weighted by atomic mass is 10.0. The summed E-state index contributed by atoms with van der Waals surface area (Å²) in [6, 6.07) is 4.74. The average Bonchev–Trinajstić information content (AvgIpc) is 2.24. The molecule has 112 valence electrons. The van der Waals surface area contributed by atoms with Crippen molar-refractivity contribution < 1.29 is 23.4 Å². The minimum absolute atomic E-state index is 0.0363. The molecule has 0 bridgehead atoms. The monoisotopic (exact) mass is 365 g/mol. The van der Waals surface area contributed by atoms with Crippen molar-refractivity contribution in [1.29, 1.82) is 0 Å². The molecule has 8 heteroatoms. The molecule has 0 aliphatic rings. The first-order valence-corrected chi connectivity index (χ1v) is 8.01. The van der Waals surface area contributed by atoms with Gasteiger partial charge in [-0.05, 0) is 47.5 Å². The van der Waals surface area contributed by atoms with Crippen molar-refractivity contribution in [3.05, 3.63) is 28.2 Å². The standard InChI is InChI=1S/C12H16BrNO5S/c1-8-3-4-10(9(13)5-8)20(18,19)14-7-12(2,17)6-11(15)16/h3-5,14,17H,6-7H2,1-2H3,(H,15,16). The van der Waals surface area contributed by atoms with Gasteiger partial charge in [0.2, 0.25) is 10.0 Å². The zero-order valence-corrected chi connectivity index (χ0v) is 13.5. The highest BCUT2D eigenvalue weighted by molar-refractivity contribution is 9.10. The molecular formula is C12H16BrNO5S. The molecule has 0 amide bonds. The van der Waals surface area contributed by atoms with E-state index in [2.05, 4.69) is 20.7 Å². The van der Waals surface area contributed by atoms with Crippen molar-refractivity contribution in [3.8, 4) is 0 Å². The van der Waals surface area contributed by atoms with Gasteiger partial charge in [0, 0.05) is 11.0 Å². The minimum atomic E-state index is -3.83. The van der Waals surface area contributed by atoms with E-state index in [9.17, 15) is 18.3 Å². The van der Waals surface area contributed by atoms with Crippen LogP contribution in [0.1, 0.15) is 18.9 Å². The summed E-state index contributed by atoms with van der Waals surface area (Å²) in [4.78, 5) is 10.6. The largest absolute Gasteiger partial charge is 0.481 e. The fourth-order valence-corrected chi connectivity index (χ4v) is 3.89. The Morgan fingerprint density at radius 1 is 1.45 bits per heavy atom. The maximum absolute atomic E-state index is 12.1. The Bertz CT molecular complexity index is 612. The van der Waals surface area contributed by atoms with Crippen molar-refractivity contribution in [1.82, 2.24) is 4.72 Å². The number of rotatable bonds is 6. The summed E-state index contributed by atoms with van der Waals surface area (Å²) in [5.74, 6) is -1.20. The SMILES string of the molecule is Cc1ccc(S(=O)(=O)NCC(C)(O)CC(=O)O)c(Br)c1. The zero-order valence-electron chi connectivity index (χ0n) is 11.1. The van der Waals surface area contributed by atoms with Gasteiger partial charge < -0.3 is 10.2 Å². The molecule has 3 N–H and O–H groups in total. The molecular weight excluding hydrogens is 350 g/mol. The Morgan fingerprint density at radius 2 is 2.05 bits per heavy atom. The lowest BCUT2D eigenvalue weighted by Crippen LogP contribution is -2.42. The predicted octanol–water partition coefficient (Wildman–Crippen LogP) is 1.26. The first kappa shape index (κ1) is 17.1. The average molecular weight is 366 g/mol. The number of sulfonamides is 1. The van der Waals surface area contributed by atoms with Crippen LogP contribution in [0.15, 0.2) is 27.6 Å². The summed E-state index contributed by atoms with van der Waals surface area (Å²) in [7, 11) is -3.83. The highest BCUT2D eigenvalue weighted by Gasteiger charge is 2.27. The van der Waals surface area contributed by atoms with Crippen molar-refractivity contribution in [2.45, 2.75) is 30.8 Å². The van der Waals surface area contributed by atoms with Crippen LogP contribution >= 0.6 is 15.9 Å². The Balaban J connectivity index is 2.88. The number of halogens is 1. The molecule has 1 rings (SSSR count). The lowest BCUT2D eigenvalue weighted by molar-refractivity contribution is -0.141. The Labute approximate surface area is 126 Å². The second kappa shape index (κ2) is 6.21. The maximum atomic E-state index is 12.1. The topological polar surface area (TPSA) is 104 Å². The van der Waals surface area contributed by atoms with Gasteiger partial charge in [-0.15, -0.1) is 0 Å². The number of aryl methyl sites for hydroxylation is 1. The van der Waals surface area contributed by atoms with Gasteiger partial charge >= 0.3 is 5.97 Å². The van der Waals surface area contributed by atoms with Gasteiger partial charge in [0.25, 0.3) is 0 Å². The Hall–Kier alpha value is -0.960. The van der Waals surface area contributed by atoms with Gasteiger partial charge in [-0.3, -0.25) is 4.79 Å². The third kappa shape index (κ3) is 4.86. The molecule has 1 atom stereocenters. The van der Waals surface area contributed by atoms with Crippen molar-refractivity contribution in [2.24, 2.45) is 0 Å². The molecule has 0 radical (unpaired) electrons. The smallest absolute Gasteiger partial charge is 0.306 e. The molecule has 0 heterocycles. The number of benzene rings is 1. The second-order valence-electron chi connectivity index (χ2n) is 4.83. The number of hydrogen-bond acceptors (Lipinski definition) is 4. The highest BCUT2D eigenvalue weighted by Crippen LogP contribution is 2.23. The Kier molecular flexibility index (Phi) is 5.31. The molecule has 0 aromatic heterocycles. The summed E-state index contributed by atoms with van der Waals surface area (Å²) in [6.45, 7) is 2.70. The summed E-state index contributed by atoms with van der Waals surface area (Å²) >= 11 is 3.17. The van der Waals surface area contributed by atoms with Gasteiger partial charge in [0.15, 0.2) is 0 Å². The quantitative estimate of drug-likeness (QED) is 0.703. The molecule has 0 saturated carbocycles. The van der Waals surface area contributed by atoms with Gasteiger partial charge in [-0.1, -0.05) is 6.07 Å². The zero-order chi connectivity index (χ0) is 15.6. The van der Waals surface area contributed by atoms with Gasteiger partial charge in [0.05, 0.1) is 16.9 Å². The van der Waals surface area contributed by atoms with E-state index in [1.165, 1.54) is 13.0 Å². The first-order valence-electron chi connectivity index (χ1n) is 5.73. The molecule has 0 aliphatic heterocycles. The van der Waals surface area contributed by atoms with E-state index in [-0.39, 0.29) is 11.4 Å². The summed E-state index contributed by atoms with van der Waals surface area (Å²) in [5, 5.41) is 18.4. The van der Waals surface area contributed by atoms with Crippen molar-refractivity contribution >= 4 is 31.9 Å². The van der Waals surface area contributed by atoms with Crippen LogP contribution < -0.4 is 4.72 Å². The van der Waals surface area contributed by atoms with Gasteiger partial charge in [-0.25, -0.2) is 13.1 Å². The van der Waals surface area contributed by atoms with E-state index < -0.39 is 28.0 Å². The maximum Gasteiger partial charge on any atom is 0.306 e. The number of carboxylic acids is 1. The van der Waals surface area contributed by atoms with E-state index in [0.717, 1.165) is 5.56 Å². The van der Waals surface area contributed by atoms with Crippen molar-refractivity contribution in [2.75, 3.05) is 6.54 Å². The number of carboxylic acid groups (broad SMARTS) is 1. The van der Waals surface area contributed by atoms with E-state index in [1.807, 2.05) is 6.92 Å². The van der Waals surface area contributed by atoms with E-state index >= 15 is 0 Å². The summed E-state index contributed by atoms with van der Waals surface area (Å²) in [6.07, 6.45) is -0.551. The van der Waals surface area contributed by atoms with Crippen LogP contribution in [-0.2, 0) is 14.8 Å². The first-order chi connectivity index (χ1) is 9.03. The van der Waals surface area contributed by atoms with Crippen LogP contribution in [0.5, 0.6) is 0 Å². The van der Waals surface area contributed by atoms with Gasteiger partial charge in [-0.2, -0.15) is 0 Å². The van der Waals surface area contributed by atoms with Crippen LogP contribution in [-0.4, -0.2) is 36.7 Å². The van der Waals surface area contributed by atoms with E-state index in [4.69, 9.17) is 5.11 Å². The molecule has 0 aliphatic carbocycles.